The third-order valence-corrected chi connectivity index (χ3v) is 8.83. The first-order chi connectivity index (χ1) is 26.8. The van der Waals surface area contributed by atoms with Gasteiger partial charge in [0.2, 0.25) is 5.91 Å². The molecule has 0 spiro atoms. The molecule has 20 heteroatoms. The van der Waals surface area contributed by atoms with Crippen LogP contribution in [0.3, 0.4) is 0 Å². The molecule has 1 aromatic carbocycles. The molecule has 0 radical (unpaired) electrons. The molecule has 2 rings (SSSR count). The number of hydrogen-bond acceptors (Lipinski definition) is 13. The average Bonchev–Trinajstić information content (AvgIpc) is 3.11. The van der Waals surface area contributed by atoms with Crippen molar-refractivity contribution in [3.63, 3.8) is 0 Å². The summed E-state index contributed by atoms with van der Waals surface area (Å²) in [6, 6.07) is 6.97. The monoisotopic (exact) mass is 813 g/mol. The zero-order valence-electron chi connectivity index (χ0n) is 32.2. The number of benzene rings is 1. The molecular formula is C36H59N7O12S. The van der Waals surface area contributed by atoms with E-state index in [1.165, 1.54) is 6.92 Å². The number of nitrogens with zero attached hydrogens (tertiary/aromatic N) is 4. The Balaban J connectivity index is 1.91. The fourth-order valence-electron chi connectivity index (χ4n) is 5.88. The van der Waals surface area contributed by atoms with E-state index in [4.69, 9.17) is 26.4 Å². The van der Waals surface area contributed by atoms with Gasteiger partial charge in [-0.25, -0.2) is 0 Å². The Kier molecular flexibility index (Phi) is 24.4. The van der Waals surface area contributed by atoms with Crippen LogP contribution in [0.25, 0.3) is 0 Å². The Morgan fingerprint density at radius 3 is 1.59 bits per heavy atom. The number of hydrogen-bond donors (Lipinski definition) is 7. The lowest BCUT2D eigenvalue weighted by molar-refractivity contribution is -0.142. The molecule has 1 aliphatic rings. The first kappa shape index (κ1) is 48.1. The largest absolute Gasteiger partial charge is 0.480 e. The summed E-state index contributed by atoms with van der Waals surface area (Å²) in [6.07, 6.45) is 1.83. The highest BCUT2D eigenvalue weighted by Gasteiger charge is 2.27. The minimum Gasteiger partial charge on any atom is -0.480 e. The summed E-state index contributed by atoms with van der Waals surface area (Å²) in [4.78, 5) is 64.6. The molecule has 1 amide bonds. The first-order valence-electron chi connectivity index (χ1n) is 18.7. The van der Waals surface area contributed by atoms with Crippen LogP contribution < -0.4 is 16.0 Å². The van der Waals surface area contributed by atoms with Crippen LogP contribution in [-0.2, 0) is 44.6 Å². The second-order valence-corrected chi connectivity index (χ2v) is 13.7. The van der Waals surface area contributed by atoms with E-state index in [0.717, 1.165) is 24.1 Å². The van der Waals surface area contributed by atoms with Crippen molar-refractivity contribution in [1.29, 1.82) is 0 Å². The minimum absolute atomic E-state index is 0.0544. The highest BCUT2D eigenvalue weighted by molar-refractivity contribution is 7.80. The average molecular weight is 814 g/mol. The number of aliphatic carboxylic acids is 4. The van der Waals surface area contributed by atoms with Crippen LogP contribution in [0.5, 0.6) is 0 Å². The summed E-state index contributed by atoms with van der Waals surface area (Å²) in [5.41, 5.74) is 1.59. The number of thiocarbonyl (C=S) groups is 1. The zero-order valence-corrected chi connectivity index (χ0v) is 33.0. The molecule has 1 unspecified atom stereocenters. The van der Waals surface area contributed by atoms with Gasteiger partial charge in [-0.15, -0.1) is 0 Å². The standard InChI is InChI=1S/C36H59N7O12S/c1-28(44)37-8-2-16-53-18-20-55-21-19-54-17-3-9-38-36(56)39-30-6-4-29(5-7-30)22-31-23-42(26-34(49)50)13-12-40(24-32(45)46)10-11-41(25-33(47)48)14-15-43(31)27-35(51)52/h4-7,31H,2-3,8-27H2,1H3,(H,37,44)(H,45,46)(H,47,48)(H,49,50)(H,51,52)(H2,38,39,56). The van der Waals surface area contributed by atoms with Gasteiger partial charge in [0.05, 0.1) is 52.6 Å². The number of ether oxygens (including phenoxy) is 3. The molecule has 0 aromatic heterocycles. The van der Waals surface area contributed by atoms with Gasteiger partial charge in [0.1, 0.15) is 0 Å². The maximum absolute atomic E-state index is 12.0. The van der Waals surface area contributed by atoms with E-state index < -0.39 is 29.9 Å². The van der Waals surface area contributed by atoms with E-state index in [9.17, 15) is 44.4 Å². The van der Waals surface area contributed by atoms with E-state index in [-0.39, 0.29) is 77.9 Å². The number of anilines is 1. The Hall–Kier alpha value is -4.02. The maximum Gasteiger partial charge on any atom is 0.317 e. The lowest BCUT2D eigenvalue weighted by Gasteiger charge is -2.37. The zero-order chi connectivity index (χ0) is 41.1. The number of carboxylic acids is 4. The third kappa shape index (κ3) is 23.8. The molecule has 0 saturated carbocycles. The van der Waals surface area contributed by atoms with Crippen LogP contribution in [0.15, 0.2) is 24.3 Å². The molecule has 1 atom stereocenters. The van der Waals surface area contributed by atoms with Crippen molar-refractivity contribution < 1.29 is 58.6 Å². The summed E-state index contributed by atoms with van der Waals surface area (Å²) in [5, 5.41) is 47.9. The maximum atomic E-state index is 12.0. The van der Waals surface area contributed by atoms with E-state index in [1.807, 2.05) is 24.3 Å². The van der Waals surface area contributed by atoms with Crippen LogP contribution in [-0.4, -0.2) is 206 Å². The van der Waals surface area contributed by atoms with Crippen LogP contribution in [0.1, 0.15) is 25.3 Å². The van der Waals surface area contributed by atoms with Gasteiger partial charge in [0.15, 0.2) is 5.11 Å². The Morgan fingerprint density at radius 1 is 0.643 bits per heavy atom. The van der Waals surface area contributed by atoms with Crippen molar-refractivity contribution in [2.75, 3.05) is 130 Å². The quantitative estimate of drug-likeness (QED) is 0.0482. The lowest BCUT2D eigenvalue weighted by Crippen LogP contribution is -2.53. The van der Waals surface area contributed by atoms with Crippen molar-refractivity contribution in [1.82, 2.24) is 30.2 Å². The molecule has 1 saturated heterocycles. The second kappa shape index (κ2) is 28.4. The lowest BCUT2D eigenvalue weighted by atomic mass is 10.0. The summed E-state index contributed by atoms with van der Waals surface area (Å²) in [5.74, 6) is -4.31. The predicted molar refractivity (Wildman–Crippen MR) is 210 cm³/mol. The predicted octanol–water partition coefficient (Wildman–Crippen LogP) is -0.590. The van der Waals surface area contributed by atoms with Gasteiger partial charge in [-0.05, 0) is 49.2 Å². The van der Waals surface area contributed by atoms with Crippen LogP contribution in [0.2, 0.25) is 0 Å². The normalized spacial score (nSPS) is 16.6. The number of carboxylic acid groups (broad SMARTS) is 4. The third-order valence-electron chi connectivity index (χ3n) is 8.59. The molecule has 1 aliphatic heterocycles. The van der Waals surface area contributed by atoms with Crippen LogP contribution in [0, 0.1) is 0 Å². The summed E-state index contributed by atoms with van der Waals surface area (Å²) in [7, 11) is 0. The van der Waals surface area contributed by atoms with Gasteiger partial charge in [-0.1, -0.05) is 12.1 Å². The van der Waals surface area contributed by atoms with Gasteiger partial charge in [-0.2, -0.15) is 0 Å². The number of amides is 1. The number of rotatable bonds is 25. The van der Waals surface area contributed by atoms with E-state index in [2.05, 4.69) is 16.0 Å². The van der Waals surface area contributed by atoms with E-state index >= 15 is 0 Å². The molecule has 1 aromatic rings. The highest BCUT2D eigenvalue weighted by atomic mass is 32.1. The molecule has 7 N–H and O–H groups in total. The molecule has 19 nitrogen and oxygen atoms in total. The number of carbonyl (C=O) groups is 5. The van der Waals surface area contributed by atoms with Crippen molar-refractivity contribution in [2.45, 2.75) is 32.2 Å². The van der Waals surface area contributed by atoms with Gasteiger partial charge in [0, 0.05) is 90.8 Å². The van der Waals surface area contributed by atoms with Crippen molar-refractivity contribution >= 4 is 52.8 Å². The smallest absolute Gasteiger partial charge is 0.317 e. The van der Waals surface area contributed by atoms with Gasteiger partial charge < -0.3 is 50.6 Å². The molecular weight excluding hydrogens is 754 g/mol. The first-order valence-corrected chi connectivity index (χ1v) is 19.1. The van der Waals surface area contributed by atoms with Crippen LogP contribution >= 0.6 is 12.2 Å². The Morgan fingerprint density at radius 2 is 1.09 bits per heavy atom. The highest BCUT2D eigenvalue weighted by Crippen LogP contribution is 2.16. The Labute approximate surface area is 333 Å². The SMILES string of the molecule is CC(=O)NCCCOCCOCCOCCCNC(=S)Nc1ccc(CC2CN(CC(=O)O)CCN(CC(=O)O)CCN(CC(=O)O)CCN2CC(=O)O)cc1. The number of carbonyl (C=O) groups excluding carboxylic acids is 1. The molecule has 1 heterocycles. The van der Waals surface area contributed by atoms with E-state index in [0.29, 0.717) is 64.3 Å². The summed E-state index contributed by atoms with van der Waals surface area (Å²) >= 11 is 5.44. The summed E-state index contributed by atoms with van der Waals surface area (Å²) in [6.45, 7) is 5.85. The van der Waals surface area contributed by atoms with Gasteiger partial charge >= 0.3 is 23.9 Å². The molecule has 56 heavy (non-hydrogen) atoms. The van der Waals surface area contributed by atoms with E-state index in [1.54, 1.807) is 19.6 Å². The molecule has 1 fully saturated rings. The minimum atomic E-state index is -1.07. The van der Waals surface area contributed by atoms with Gasteiger partial charge in [-0.3, -0.25) is 43.6 Å². The van der Waals surface area contributed by atoms with Crippen molar-refractivity contribution in [2.24, 2.45) is 0 Å². The second-order valence-electron chi connectivity index (χ2n) is 13.3. The fourth-order valence-corrected chi connectivity index (χ4v) is 6.10. The fraction of sp³-hybridized carbons (Fsp3) is 0.667. The molecule has 316 valence electrons. The Bertz CT molecular complexity index is 1360. The van der Waals surface area contributed by atoms with Crippen molar-refractivity contribution in [3.05, 3.63) is 29.8 Å². The van der Waals surface area contributed by atoms with Crippen LogP contribution in [0.4, 0.5) is 5.69 Å². The summed E-state index contributed by atoms with van der Waals surface area (Å²) < 4.78 is 16.5. The van der Waals surface area contributed by atoms with Crippen molar-refractivity contribution in [3.8, 4) is 0 Å². The molecule has 0 aliphatic carbocycles. The van der Waals surface area contributed by atoms with Gasteiger partial charge in [0.25, 0.3) is 0 Å². The number of nitrogens with one attached hydrogen (secondary N) is 3. The topological polar surface area (TPSA) is 243 Å². The molecule has 0 bridgehead atoms.